The first-order valence-electron chi connectivity index (χ1n) is 20.0. The molecular weight excluding hydrogens is 819 g/mol. The van der Waals surface area contributed by atoms with E-state index >= 15 is 0 Å². The third kappa shape index (κ3) is 8.47. The largest absolute Gasteiger partial charge is 0.486 e. The average Bonchev–Trinajstić information content (AvgIpc) is 3.52. The first-order chi connectivity index (χ1) is 26.2. The van der Waals surface area contributed by atoms with Crippen LogP contribution < -0.4 is 5.19 Å². The molecule has 4 aromatic heterocycles. The predicted octanol–water partition coefficient (Wildman–Crippen LogP) is 11.1. The van der Waals surface area contributed by atoms with Crippen molar-refractivity contribution in [2.45, 2.75) is 72.9 Å². The molecule has 0 saturated heterocycles. The van der Waals surface area contributed by atoms with Crippen LogP contribution in [0.5, 0.6) is 0 Å². The normalized spacial score (nSPS) is 14.0. The zero-order valence-electron chi connectivity index (χ0n) is 36.2. The van der Waals surface area contributed by atoms with Crippen LogP contribution in [0.3, 0.4) is 0 Å². The molecule has 7 rings (SSSR count). The van der Waals surface area contributed by atoms with Crippen molar-refractivity contribution in [2.75, 3.05) is 0 Å². The fraction of sp³-hybridized carbons (Fsp3) is 0.267. The van der Waals surface area contributed by atoms with Gasteiger partial charge in [-0.1, -0.05) is 113 Å². The quantitative estimate of drug-likeness (QED) is 0.118. The molecule has 1 radical (unpaired) electrons. The summed E-state index contributed by atoms with van der Waals surface area (Å²) < 4.78 is 51.3. The van der Waals surface area contributed by atoms with Gasteiger partial charge < -0.3 is 14.4 Å². The standard InChI is InChI=1S/C26H21N2O.C19H26NSi.Ir/c1-17-12-13-21-20-10-7-11-22(24(20)29-25(21)28-17)23-16-19(14-15-27-23)26(2,3)18-8-5-4-6-9-18;1-14(2)11-17-12-18(16-9-7-15(3)8-10-16)20-13-19(17)21(4,5)6;/h4-10,12-16H,1-3H3;7-9,12-14H,11H2,1-6H3;/q2*-1;/i1D3;3D3;. The molecule has 51 heavy (non-hydrogen) atoms. The van der Waals surface area contributed by atoms with Crippen LogP contribution >= 0.6 is 0 Å². The second-order valence-electron chi connectivity index (χ2n) is 14.7. The minimum Gasteiger partial charge on any atom is -0.486 e. The third-order valence-electron chi connectivity index (χ3n) is 9.05. The van der Waals surface area contributed by atoms with E-state index in [4.69, 9.17) is 12.6 Å². The molecule has 0 amide bonds. The summed E-state index contributed by atoms with van der Waals surface area (Å²) in [6.45, 7) is 11.5. The van der Waals surface area contributed by atoms with E-state index in [2.05, 4.69) is 98.7 Å². The van der Waals surface area contributed by atoms with Gasteiger partial charge in [0.1, 0.15) is 0 Å². The van der Waals surface area contributed by atoms with Crippen molar-refractivity contribution >= 4 is 35.3 Å². The van der Waals surface area contributed by atoms with Crippen molar-refractivity contribution in [1.29, 1.82) is 0 Å². The molecule has 0 fully saturated rings. The number of rotatable bonds is 7. The van der Waals surface area contributed by atoms with Gasteiger partial charge in [0, 0.05) is 57.2 Å². The SMILES string of the molecule is [2H]C([2H])([2H])c1c[c-]c(-c2cc(CC(C)C)c([Si](C)(C)C)cn2)cc1.[2H]C([2H])([2H])c1ccc2c(n1)oc1c(-c3cc(C(C)(C)c4ccccc4)ccn3)[c-]ccc12.[Ir]. The molecule has 0 unspecified atom stereocenters. The number of aromatic nitrogens is 3. The number of furan rings is 1. The van der Waals surface area contributed by atoms with E-state index < -0.39 is 21.8 Å². The Kier molecular flexibility index (Phi) is 9.28. The van der Waals surface area contributed by atoms with Crippen molar-refractivity contribution in [3.05, 3.63) is 143 Å². The van der Waals surface area contributed by atoms with Gasteiger partial charge in [-0.3, -0.25) is 0 Å². The topological polar surface area (TPSA) is 51.8 Å². The fourth-order valence-corrected chi connectivity index (χ4v) is 7.89. The van der Waals surface area contributed by atoms with E-state index in [0.717, 1.165) is 45.3 Å². The van der Waals surface area contributed by atoms with E-state index in [9.17, 15) is 0 Å². The van der Waals surface area contributed by atoms with Crippen molar-refractivity contribution < 1.29 is 32.7 Å². The summed E-state index contributed by atoms with van der Waals surface area (Å²) in [6, 6.07) is 35.0. The molecule has 0 saturated carbocycles. The summed E-state index contributed by atoms with van der Waals surface area (Å²) in [5.74, 6) is 0.581. The monoisotopic (exact) mass is 872 g/mol. The average molecular weight is 872 g/mol. The van der Waals surface area contributed by atoms with E-state index in [1.165, 1.54) is 22.4 Å². The summed E-state index contributed by atoms with van der Waals surface area (Å²) in [6.07, 6.45) is 4.85. The van der Waals surface area contributed by atoms with E-state index in [1.807, 2.05) is 42.6 Å². The maximum atomic E-state index is 7.63. The summed E-state index contributed by atoms with van der Waals surface area (Å²) in [4.78, 5) is 13.5. The number of fused-ring (bicyclic) bond motifs is 3. The van der Waals surface area contributed by atoms with Gasteiger partial charge in [0.05, 0.1) is 13.7 Å². The molecule has 0 aliphatic rings. The van der Waals surface area contributed by atoms with Crippen molar-refractivity contribution in [1.82, 2.24) is 15.0 Å². The van der Waals surface area contributed by atoms with Gasteiger partial charge in [-0.15, -0.1) is 53.6 Å². The minimum atomic E-state index is -2.29. The van der Waals surface area contributed by atoms with Crippen LogP contribution in [0, 0.1) is 31.8 Å². The molecule has 7 aromatic rings. The Bertz CT molecular complexity index is 2470. The van der Waals surface area contributed by atoms with Gasteiger partial charge in [0.2, 0.25) is 5.71 Å². The maximum Gasteiger partial charge on any atom is 0.216 e. The van der Waals surface area contributed by atoms with Crippen LogP contribution in [0.1, 0.15) is 63.9 Å². The van der Waals surface area contributed by atoms with Gasteiger partial charge in [-0.25, -0.2) is 4.98 Å². The molecule has 4 nitrogen and oxygen atoms in total. The predicted molar refractivity (Wildman–Crippen MR) is 212 cm³/mol. The Morgan fingerprint density at radius 1 is 0.843 bits per heavy atom. The third-order valence-corrected chi connectivity index (χ3v) is 11.1. The smallest absolute Gasteiger partial charge is 0.216 e. The zero-order valence-corrected chi connectivity index (χ0v) is 33.6. The van der Waals surface area contributed by atoms with Crippen molar-refractivity contribution in [2.24, 2.45) is 5.92 Å². The number of aryl methyl sites for hydroxylation is 2. The van der Waals surface area contributed by atoms with Crippen LogP contribution in [0.15, 0.2) is 108 Å². The number of hydrogen-bond acceptors (Lipinski definition) is 4. The molecule has 0 bridgehead atoms. The Hall–Kier alpha value is -4.22. The summed E-state index contributed by atoms with van der Waals surface area (Å²) >= 11 is 0. The van der Waals surface area contributed by atoms with Crippen LogP contribution in [0.2, 0.25) is 19.6 Å². The molecule has 6 heteroatoms. The fourth-order valence-electron chi connectivity index (χ4n) is 6.30. The summed E-state index contributed by atoms with van der Waals surface area (Å²) in [7, 11) is -1.45. The molecule has 0 N–H and O–H groups in total. The van der Waals surface area contributed by atoms with Gasteiger partial charge in [-0.05, 0) is 65.1 Å². The van der Waals surface area contributed by atoms with Gasteiger partial charge in [0.25, 0.3) is 0 Å². The van der Waals surface area contributed by atoms with Gasteiger partial charge in [0.15, 0.2) is 0 Å². The Morgan fingerprint density at radius 3 is 2.33 bits per heavy atom. The molecule has 263 valence electrons. The van der Waals surface area contributed by atoms with Crippen LogP contribution in [0.4, 0.5) is 0 Å². The minimum absolute atomic E-state index is 0. The number of hydrogen-bond donors (Lipinski definition) is 0. The van der Waals surface area contributed by atoms with E-state index in [1.54, 1.807) is 30.5 Å². The summed E-state index contributed by atoms with van der Waals surface area (Å²) in [5, 5.41) is 3.02. The summed E-state index contributed by atoms with van der Waals surface area (Å²) in [5.41, 5.74) is 7.89. The second kappa shape index (κ2) is 15.6. The first kappa shape index (κ1) is 30.4. The van der Waals surface area contributed by atoms with Crippen molar-refractivity contribution in [3.8, 4) is 22.5 Å². The molecule has 0 aliphatic heterocycles. The number of pyridine rings is 3. The Morgan fingerprint density at radius 2 is 1.65 bits per heavy atom. The number of nitrogens with zero attached hydrogens (tertiary/aromatic N) is 3. The molecule has 4 heterocycles. The first-order valence-corrected chi connectivity index (χ1v) is 20.5. The molecule has 0 aliphatic carbocycles. The maximum absolute atomic E-state index is 7.63. The van der Waals surface area contributed by atoms with Gasteiger partial charge >= 0.3 is 0 Å². The van der Waals surface area contributed by atoms with Gasteiger partial charge in [-0.2, -0.15) is 0 Å². The second-order valence-corrected chi connectivity index (χ2v) is 19.8. The van der Waals surface area contributed by atoms with E-state index in [-0.39, 0.29) is 31.2 Å². The van der Waals surface area contributed by atoms with Crippen molar-refractivity contribution in [3.63, 3.8) is 0 Å². The molecular formula is C45H47IrN3OSi-2. The Labute approximate surface area is 326 Å². The van der Waals surface area contributed by atoms with Crippen LogP contribution in [0.25, 0.3) is 44.6 Å². The molecule has 3 aromatic carbocycles. The Balaban J connectivity index is 0.000000223. The number of benzene rings is 3. The zero-order chi connectivity index (χ0) is 40.6. The molecule has 0 atom stereocenters. The van der Waals surface area contributed by atoms with Crippen LogP contribution in [-0.4, -0.2) is 23.0 Å². The molecule has 0 spiro atoms. The van der Waals surface area contributed by atoms with E-state index in [0.29, 0.717) is 22.8 Å². The van der Waals surface area contributed by atoms with Crippen LogP contribution in [-0.2, 0) is 31.9 Å².